The van der Waals surface area contributed by atoms with E-state index in [1.54, 1.807) is 7.11 Å². The fourth-order valence-electron chi connectivity index (χ4n) is 2.97. The number of hydrogen-bond acceptors (Lipinski definition) is 3. The number of hydrogen-bond donors (Lipinski definition) is 1. The molecule has 112 valence electrons. The standard InChI is InChI=1S/C17H26O3/c1-17(2)8-7-16(20-17)11-14(12-18)9-13-5-4-6-15(10-13)19-3/h4-6,10,14,16,18H,7-9,11-12H2,1-3H3. The highest BCUT2D eigenvalue weighted by molar-refractivity contribution is 5.28. The third-order valence-corrected chi connectivity index (χ3v) is 4.07. The van der Waals surface area contributed by atoms with E-state index in [2.05, 4.69) is 19.9 Å². The maximum atomic E-state index is 9.62. The van der Waals surface area contributed by atoms with Gasteiger partial charge in [-0.15, -0.1) is 0 Å². The van der Waals surface area contributed by atoms with Crippen LogP contribution in [-0.4, -0.2) is 30.5 Å². The number of methoxy groups -OCH3 is 1. The van der Waals surface area contributed by atoms with E-state index in [1.165, 1.54) is 5.56 Å². The Kier molecular flexibility index (Phi) is 5.06. The van der Waals surface area contributed by atoms with Crippen molar-refractivity contribution < 1.29 is 14.6 Å². The molecule has 3 heteroatoms. The van der Waals surface area contributed by atoms with Crippen LogP contribution in [0.25, 0.3) is 0 Å². The van der Waals surface area contributed by atoms with Crippen LogP contribution in [0.4, 0.5) is 0 Å². The average Bonchev–Trinajstić information content (AvgIpc) is 2.77. The molecule has 1 N–H and O–H groups in total. The van der Waals surface area contributed by atoms with Gasteiger partial charge in [0.25, 0.3) is 0 Å². The Hall–Kier alpha value is -1.06. The molecule has 0 radical (unpaired) electrons. The lowest BCUT2D eigenvalue weighted by Crippen LogP contribution is -2.23. The van der Waals surface area contributed by atoms with Crippen molar-refractivity contribution in [2.45, 2.75) is 51.2 Å². The summed E-state index contributed by atoms with van der Waals surface area (Å²) in [5.74, 6) is 1.12. The van der Waals surface area contributed by atoms with Gasteiger partial charge in [0.1, 0.15) is 5.75 Å². The fraction of sp³-hybridized carbons (Fsp3) is 0.647. The molecular formula is C17H26O3. The van der Waals surface area contributed by atoms with Gasteiger partial charge in [-0.2, -0.15) is 0 Å². The monoisotopic (exact) mass is 278 g/mol. The van der Waals surface area contributed by atoms with Gasteiger partial charge in [-0.1, -0.05) is 12.1 Å². The minimum absolute atomic E-state index is 0.000634. The third kappa shape index (κ3) is 4.22. The lowest BCUT2D eigenvalue weighted by atomic mass is 9.93. The quantitative estimate of drug-likeness (QED) is 0.868. The molecule has 3 nitrogen and oxygen atoms in total. The summed E-state index contributed by atoms with van der Waals surface area (Å²) in [4.78, 5) is 0. The maximum Gasteiger partial charge on any atom is 0.119 e. The van der Waals surface area contributed by atoms with E-state index < -0.39 is 0 Å². The first-order chi connectivity index (χ1) is 9.52. The van der Waals surface area contributed by atoms with Crippen LogP contribution in [0.2, 0.25) is 0 Å². The Morgan fingerprint density at radius 3 is 2.85 bits per heavy atom. The SMILES string of the molecule is COc1cccc(CC(CO)CC2CCC(C)(C)O2)c1. The third-order valence-electron chi connectivity index (χ3n) is 4.07. The molecule has 1 fully saturated rings. The van der Waals surface area contributed by atoms with Gasteiger partial charge in [-0.3, -0.25) is 0 Å². The molecule has 1 aliphatic heterocycles. The lowest BCUT2D eigenvalue weighted by molar-refractivity contribution is -0.0276. The second kappa shape index (κ2) is 6.59. The van der Waals surface area contributed by atoms with E-state index in [1.807, 2.05) is 18.2 Å². The van der Waals surface area contributed by atoms with Crippen molar-refractivity contribution in [2.24, 2.45) is 5.92 Å². The van der Waals surface area contributed by atoms with Gasteiger partial charge in [0.15, 0.2) is 0 Å². The van der Waals surface area contributed by atoms with Crippen molar-refractivity contribution in [3.63, 3.8) is 0 Å². The minimum atomic E-state index is 0.000634. The lowest BCUT2D eigenvalue weighted by Gasteiger charge is -2.22. The molecule has 1 saturated heterocycles. The van der Waals surface area contributed by atoms with Crippen molar-refractivity contribution >= 4 is 0 Å². The molecule has 2 rings (SSSR count). The van der Waals surface area contributed by atoms with Gasteiger partial charge >= 0.3 is 0 Å². The summed E-state index contributed by atoms with van der Waals surface area (Å²) >= 11 is 0. The molecule has 0 aliphatic carbocycles. The maximum absolute atomic E-state index is 9.62. The van der Waals surface area contributed by atoms with Crippen molar-refractivity contribution in [1.29, 1.82) is 0 Å². The van der Waals surface area contributed by atoms with E-state index in [4.69, 9.17) is 9.47 Å². The topological polar surface area (TPSA) is 38.7 Å². The number of aliphatic hydroxyl groups excluding tert-OH is 1. The van der Waals surface area contributed by atoms with Gasteiger partial charge < -0.3 is 14.6 Å². The highest BCUT2D eigenvalue weighted by atomic mass is 16.5. The number of ether oxygens (including phenoxy) is 2. The zero-order valence-electron chi connectivity index (χ0n) is 12.8. The van der Waals surface area contributed by atoms with Gasteiger partial charge in [-0.05, 0) is 63.1 Å². The largest absolute Gasteiger partial charge is 0.497 e. The fourth-order valence-corrected chi connectivity index (χ4v) is 2.97. The van der Waals surface area contributed by atoms with Gasteiger partial charge in [-0.25, -0.2) is 0 Å². The molecule has 20 heavy (non-hydrogen) atoms. The molecule has 1 aromatic rings. The van der Waals surface area contributed by atoms with Gasteiger partial charge in [0.2, 0.25) is 0 Å². The average molecular weight is 278 g/mol. The van der Waals surface area contributed by atoms with Crippen LogP contribution in [0.3, 0.4) is 0 Å². The minimum Gasteiger partial charge on any atom is -0.497 e. The van der Waals surface area contributed by atoms with Crippen molar-refractivity contribution in [2.75, 3.05) is 13.7 Å². The second-order valence-electron chi connectivity index (χ2n) is 6.38. The summed E-state index contributed by atoms with van der Waals surface area (Å²) in [5, 5.41) is 9.62. The van der Waals surface area contributed by atoms with Crippen LogP contribution in [0.1, 0.15) is 38.7 Å². The van der Waals surface area contributed by atoms with Crippen LogP contribution in [0, 0.1) is 5.92 Å². The smallest absolute Gasteiger partial charge is 0.119 e. The molecule has 0 spiro atoms. The molecule has 1 aromatic carbocycles. The van der Waals surface area contributed by atoms with Crippen LogP contribution in [0.15, 0.2) is 24.3 Å². The van der Waals surface area contributed by atoms with Gasteiger partial charge in [0.05, 0.1) is 18.8 Å². The van der Waals surface area contributed by atoms with E-state index >= 15 is 0 Å². The predicted molar refractivity (Wildman–Crippen MR) is 80.1 cm³/mol. The Labute approximate surface area is 121 Å². The highest BCUT2D eigenvalue weighted by Gasteiger charge is 2.32. The summed E-state index contributed by atoms with van der Waals surface area (Å²) in [6.45, 7) is 4.49. The Bertz CT molecular complexity index is 428. The number of rotatable bonds is 6. The first-order valence-corrected chi connectivity index (χ1v) is 7.44. The molecule has 2 unspecified atom stereocenters. The zero-order valence-corrected chi connectivity index (χ0v) is 12.8. The van der Waals surface area contributed by atoms with Gasteiger partial charge in [0, 0.05) is 6.61 Å². The summed E-state index contributed by atoms with van der Waals surface area (Å²) < 4.78 is 11.3. The highest BCUT2D eigenvalue weighted by Crippen LogP contribution is 2.33. The molecule has 0 saturated carbocycles. The van der Waals surface area contributed by atoms with E-state index in [0.717, 1.165) is 31.4 Å². The van der Waals surface area contributed by atoms with Crippen LogP contribution in [-0.2, 0) is 11.2 Å². The van der Waals surface area contributed by atoms with Crippen LogP contribution < -0.4 is 4.74 Å². The first kappa shape index (κ1) is 15.3. The van der Waals surface area contributed by atoms with Crippen molar-refractivity contribution in [3.05, 3.63) is 29.8 Å². The molecule has 0 bridgehead atoms. The molecule has 1 aliphatic rings. The summed E-state index contributed by atoms with van der Waals surface area (Å²) in [6.07, 6.45) is 4.29. The molecular weight excluding hydrogens is 252 g/mol. The summed E-state index contributed by atoms with van der Waals surface area (Å²) in [5.41, 5.74) is 1.21. The Balaban J connectivity index is 1.92. The number of benzene rings is 1. The molecule has 0 aromatic heterocycles. The van der Waals surface area contributed by atoms with E-state index in [9.17, 15) is 5.11 Å². The van der Waals surface area contributed by atoms with Crippen molar-refractivity contribution in [3.8, 4) is 5.75 Å². The molecule has 1 heterocycles. The zero-order chi connectivity index (χ0) is 14.6. The summed E-state index contributed by atoms with van der Waals surface area (Å²) in [7, 11) is 1.68. The first-order valence-electron chi connectivity index (χ1n) is 7.44. The predicted octanol–water partition coefficient (Wildman–Crippen LogP) is 3.19. The molecule has 0 amide bonds. The Morgan fingerprint density at radius 1 is 1.45 bits per heavy atom. The second-order valence-corrected chi connectivity index (χ2v) is 6.38. The summed E-state index contributed by atoms with van der Waals surface area (Å²) in [6, 6.07) is 8.07. The Morgan fingerprint density at radius 2 is 2.25 bits per heavy atom. The van der Waals surface area contributed by atoms with E-state index in [-0.39, 0.29) is 24.2 Å². The van der Waals surface area contributed by atoms with E-state index in [0.29, 0.717) is 0 Å². The molecule has 2 atom stereocenters. The van der Waals surface area contributed by atoms with Crippen LogP contribution >= 0.6 is 0 Å². The normalized spacial score (nSPS) is 22.7. The number of aliphatic hydroxyl groups is 1. The van der Waals surface area contributed by atoms with Crippen LogP contribution in [0.5, 0.6) is 5.75 Å². The van der Waals surface area contributed by atoms with Crippen molar-refractivity contribution in [1.82, 2.24) is 0 Å².